The smallest absolute Gasteiger partial charge is 0.0984 e. The molecule has 1 atom stereocenters. The fraction of sp³-hybridized carbons (Fsp3) is 1.00. The molecule has 0 aromatic rings. The summed E-state index contributed by atoms with van der Waals surface area (Å²) in [6.07, 6.45) is 24.7. The van der Waals surface area contributed by atoms with Crippen LogP contribution in [0.15, 0.2) is 0 Å². The molecule has 26 heavy (non-hydrogen) atoms. The number of hydrogen-bond donors (Lipinski definition) is 0. The Morgan fingerprint density at radius 1 is 0.577 bits per heavy atom. The minimum absolute atomic E-state index is 0.258. The van der Waals surface area contributed by atoms with Gasteiger partial charge in [0.2, 0.25) is 0 Å². The van der Waals surface area contributed by atoms with Crippen LogP contribution in [0, 0.1) is 0 Å². The van der Waals surface area contributed by atoms with Crippen LogP contribution in [0.3, 0.4) is 0 Å². The molecule has 1 aliphatic heterocycles. The molecule has 1 saturated heterocycles. The number of hydrogen-bond acceptors (Lipinski definition) is 3. The molecular weight excluding hydrogens is 324 g/mol. The maximum Gasteiger partial charge on any atom is 0.0984 e. The van der Waals surface area contributed by atoms with Gasteiger partial charge in [0.25, 0.3) is 0 Å². The Morgan fingerprint density at radius 3 is 1.38 bits per heavy atom. The summed E-state index contributed by atoms with van der Waals surface area (Å²) in [7, 11) is 0. The molecule has 0 aliphatic carbocycles. The minimum Gasteiger partial charge on any atom is -0.206 e. The van der Waals surface area contributed by atoms with Crippen molar-refractivity contribution in [3.8, 4) is 0 Å². The summed E-state index contributed by atoms with van der Waals surface area (Å²) in [6.45, 7) is 7.47. The lowest BCUT2D eigenvalue weighted by molar-refractivity contribution is -0.549. The summed E-state index contributed by atoms with van der Waals surface area (Å²) in [5, 5.41) is 4.50. The first kappa shape index (κ1) is 25.9. The van der Waals surface area contributed by atoms with Crippen LogP contribution in [-0.2, 0) is 14.8 Å². The lowest BCUT2D eigenvalue weighted by Crippen LogP contribution is -2.21. The maximum absolute atomic E-state index is 5.02. The molecule has 0 aromatic heterocycles. The Kier molecular flexibility index (Phi) is 22.8. The van der Waals surface area contributed by atoms with Crippen molar-refractivity contribution in [2.45, 2.75) is 142 Å². The molecule has 0 spiro atoms. The van der Waals surface area contributed by atoms with Crippen molar-refractivity contribution in [2.75, 3.05) is 6.61 Å². The van der Waals surface area contributed by atoms with Crippen molar-refractivity contribution < 1.29 is 14.8 Å². The number of unbranched alkanes of at least 4 members (excludes halogenated alkanes) is 14. The zero-order valence-corrected chi connectivity index (χ0v) is 18.2. The van der Waals surface area contributed by atoms with Crippen LogP contribution < -0.4 is 0 Å². The lowest BCUT2D eigenvalue weighted by Gasteiger charge is -2.19. The molecule has 0 bridgehead atoms. The van der Waals surface area contributed by atoms with E-state index in [1.807, 2.05) is 0 Å². The van der Waals surface area contributed by atoms with Gasteiger partial charge in [-0.25, -0.2) is 9.78 Å². The Labute approximate surface area is 164 Å². The van der Waals surface area contributed by atoms with E-state index in [1.165, 1.54) is 103 Å². The quantitative estimate of drug-likeness (QED) is 0.201. The summed E-state index contributed by atoms with van der Waals surface area (Å²) in [5.41, 5.74) is 0. The summed E-state index contributed by atoms with van der Waals surface area (Å²) >= 11 is 0. The molecule has 0 radical (unpaired) electrons. The van der Waals surface area contributed by atoms with E-state index in [0.717, 1.165) is 12.8 Å². The molecule has 1 unspecified atom stereocenters. The van der Waals surface area contributed by atoms with Crippen molar-refractivity contribution in [2.24, 2.45) is 0 Å². The largest absolute Gasteiger partial charge is 0.206 e. The van der Waals surface area contributed by atoms with E-state index in [-0.39, 0.29) is 6.10 Å². The SMILES string of the molecule is CCCCCCCCCC.CCCCCCCCCCC1CCOOO1. The van der Waals surface area contributed by atoms with E-state index in [4.69, 9.17) is 4.89 Å². The van der Waals surface area contributed by atoms with Gasteiger partial charge < -0.3 is 0 Å². The van der Waals surface area contributed by atoms with E-state index in [0.29, 0.717) is 6.61 Å². The fourth-order valence-corrected chi connectivity index (χ4v) is 3.25. The third-order valence-electron chi connectivity index (χ3n) is 5.08. The van der Waals surface area contributed by atoms with Gasteiger partial charge in [-0.3, -0.25) is 0 Å². The van der Waals surface area contributed by atoms with Crippen molar-refractivity contribution in [1.29, 1.82) is 0 Å². The van der Waals surface area contributed by atoms with E-state index in [9.17, 15) is 0 Å². The lowest BCUT2D eigenvalue weighted by atomic mass is 10.0. The molecule has 0 N–H and O–H groups in total. The molecule has 0 saturated carbocycles. The van der Waals surface area contributed by atoms with Crippen LogP contribution in [0.1, 0.15) is 136 Å². The second kappa shape index (κ2) is 22.9. The predicted molar refractivity (Wildman–Crippen MR) is 112 cm³/mol. The van der Waals surface area contributed by atoms with Crippen molar-refractivity contribution in [1.82, 2.24) is 0 Å². The highest BCUT2D eigenvalue weighted by Gasteiger charge is 2.15. The first-order valence-electron chi connectivity index (χ1n) is 11.8. The summed E-state index contributed by atoms with van der Waals surface area (Å²) in [4.78, 5) is 9.68. The predicted octanol–water partition coefficient (Wildman–Crippen LogP) is 8.32. The minimum atomic E-state index is 0.258. The van der Waals surface area contributed by atoms with E-state index < -0.39 is 0 Å². The standard InChI is InChI=1S/C13H26O3.C10H22/c1-2-3-4-5-6-7-8-9-10-13-11-12-14-16-15-13;1-3-5-7-9-10-8-6-4-2/h13H,2-12H2,1H3;3-10H2,1-2H3. The Hall–Kier alpha value is -0.120. The van der Waals surface area contributed by atoms with Gasteiger partial charge in [-0.15, -0.1) is 0 Å². The maximum atomic E-state index is 5.02. The summed E-state index contributed by atoms with van der Waals surface area (Å²) < 4.78 is 0. The van der Waals surface area contributed by atoms with Gasteiger partial charge in [-0.2, -0.15) is 0 Å². The Balaban J connectivity index is 0.000000541. The van der Waals surface area contributed by atoms with Gasteiger partial charge in [0, 0.05) is 6.42 Å². The van der Waals surface area contributed by atoms with Crippen LogP contribution in [-0.4, -0.2) is 12.7 Å². The zero-order valence-electron chi connectivity index (χ0n) is 18.2. The average molecular weight is 373 g/mol. The second-order valence-electron chi connectivity index (χ2n) is 7.78. The van der Waals surface area contributed by atoms with Crippen molar-refractivity contribution >= 4 is 0 Å². The van der Waals surface area contributed by atoms with E-state index in [2.05, 4.69) is 30.7 Å². The van der Waals surface area contributed by atoms with Crippen molar-refractivity contribution in [3.05, 3.63) is 0 Å². The van der Waals surface area contributed by atoms with Gasteiger partial charge >= 0.3 is 0 Å². The zero-order chi connectivity index (χ0) is 19.1. The Morgan fingerprint density at radius 2 is 1.00 bits per heavy atom. The second-order valence-corrected chi connectivity index (χ2v) is 7.78. The van der Waals surface area contributed by atoms with Crippen LogP contribution in [0.25, 0.3) is 0 Å². The van der Waals surface area contributed by atoms with E-state index >= 15 is 0 Å². The van der Waals surface area contributed by atoms with Crippen LogP contribution in [0.4, 0.5) is 0 Å². The molecule has 1 rings (SSSR count). The molecule has 3 heteroatoms. The van der Waals surface area contributed by atoms with Crippen molar-refractivity contribution in [3.63, 3.8) is 0 Å². The van der Waals surface area contributed by atoms with Crippen LogP contribution in [0.2, 0.25) is 0 Å². The van der Waals surface area contributed by atoms with Gasteiger partial charge in [0.1, 0.15) is 0 Å². The first-order chi connectivity index (χ1) is 12.8. The third-order valence-corrected chi connectivity index (χ3v) is 5.08. The third kappa shape index (κ3) is 20.2. The first-order valence-corrected chi connectivity index (χ1v) is 11.8. The van der Waals surface area contributed by atoms with Crippen LogP contribution in [0.5, 0.6) is 0 Å². The van der Waals surface area contributed by atoms with Gasteiger partial charge in [-0.1, -0.05) is 129 Å². The highest BCUT2D eigenvalue weighted by atomic mass is 17.5. The average Bonchev–Trinajstić information content (AvgIpc) is 2.68. The molecule has 1 aliphatic rings. The van der Waals surface area contributed by atoms with Crippen LogP contribution >= 0.6 is 0 Å². The molecule has 0 amide bonds. The normalized spacial score (nSPS) is 17.0. The molecular formula is C23H48O3. The van der Waals surface area contributed by atoms with E-state index in [1.54, 1.807) is 0 Å². The van der Waals surface area contributed by atoms with Gasteiger partial charge in [-0.05, 0) is 6.42 Å². The van der Waals surface area contributed by atoms with Gasteiger partial charge in [0.15, 0.2) is 0 Å². The number of rotatable bonds is 16. The molecule has 1 fully saturated rings. The summed E-state index contributed by atoms with van der Waals surface area (Å²) in [5.74, 6) is 0. The monoisotopic (exact) mass is 372 g/mol. The fourth-order valence-electron chi connectivity index (χ4n) is 3.25. The molecule has 158 valence electrons. The topological polar surface area (TPSA) is 27.7 Å². The highest BCUT2D eigenvalue weighted by molar-refractivity contribution is 4.57. The molecule has 3 nitrogen and oxygen atoms in total. The highest BCUT2D eigenvalue weighted by Crippen LogP contribution is 2.16. The summed E-state index contributed by atoms with van der Waals surface area (Å²) in [6, 6.07) is 0. The molecule has 1 heterocycles. The van der Waals surface area contributed by atoms with Gasteiger partial charge in [0.05, 0.1) is 12.7 Å². The molecule has 0 aromatic carbocycles. The Bertz CT molecular complexity index is 232.